The van der Waals surface area contributed by atoms with Crippen LogP contribution in [0.25, 0.3) is 0 Å². The lowest BCUT2D eigenvalue weighted by molar-refractivity contribution is 0.295. The van der Waals surface area contributed by atoms with Gasteiger partial charge in [0.05, 0.1) is 0 Å². The smallest absolute Gasteiger partial charge is 0.225 e. The molecule has 0 amide bonds. The van der Waals surface area contributed by atoms with E-state index in [4.69, 9.17) is 17.3 Å². The molecule has 1 aliphatic carbocycles. The molecule has 76 valence electrons. The number of nitrogens with zero attached hydrogens (tertiary/aromatic N) is 3. The molecule has 5 heteroatoms. The fraction of sp³-hybridized carbons (Fsp3) is 0.778. The van der Waals surface area contributed by atoms with E-state index in [0.717, 1.165) is 38.1 Å². The van der Waals surface area contributed by atoms with Gasteiger partial charge in [-0.05, 0) is 36.8 Å². The number of aromatic nitrogens is 3. The molecule has 0 spiro atoms. The van der Waals surface area contributed by atoms with E-state index < -0.39 is 0 Å². The molecule has 1 aromatic heterocycles. The molecule has 1 atom stereocenters. The van der Waals surface area contributed by atoms with Crippen molar-refractivity contribution in [2.45, 2.75) is 37.8 Å². The summed E-state index contributed by atoms with van der Waals surface area (Å²) in [6, 6.07) is 0. The number of fused-ring (bicyclic) bond motifs is 1. The van der Waals surface area contributed by atoms with Gasteiger partial charge in [0.1, 0.15) is 5.82 Å². The van der Waals surface area contributed by atoms with E-state index in [-0.39, 0.29) is 5.54 Å². The largest absolute Gasteiger partial charge is 0.325 e. The zero-order valence-electron chi connectivity index (χ0n) is 7.91. The Labute approximate surface area is 87.4 Å². The molecule has 0 saturated heterocycles. The first-order valence-electron chi connectivity index (χ1n) is 5.05. The van der Waals surface area contributed by atoms with Gasteiger partial charge in [0.2, 0.25) is 5.28 Å². The van der Waals surface area contributed by atoms with Gasteiger partial charge < -0.3 is 10.3 Å². The maximum absolute atomic E-state index is 6.20. The molecule has 0 radical (unpaired) electrons. The zero-order chi connectivity index (χ0) is 9.76. The monoisotopic (exact) mass is 212 g/mol. The molecule has 0 bridgehead atoms. The van der Waals surface area contributed by atoms with Gasteiger partial charge >= 0.3 is 0 Å². The van der Waals surface area contributed by atoms with E-state index in [9.17, 15) is 0 Å². The van der Waals surface area contributed by atoms with Gasteiger partial charge in [0, 0.05) is 18.5 Å². The highest BCUT2D eigenvalue weighted by atomic mass is 35.5. The first kappa shape index (κ1) is 8.68. The Kier molecular flexibility index (Phi) is 1.67. The van der Waals surface area contributed by atoms with Crippen LogP contribution in [0.4, 0.5) is 0 Å². The molecule has 4 nitrogen and oxygen atoms in total. The number of halogens is 1. The van der Waals surface area contributed by atoms with Crippen molar-refractivity contribution in [1.82, 2.24) is 14.8 Å². The van der Waals surface area contributed by atoms with Crippen molar-refractivity contribution < 1.29 is 0 Å². The van der Waals surface area contributed by atoms with Gasteiger partial charge in [-0.2, -0.15) is 0 Å². The Morgan fingerprint density at radius 2 is 2.21 bits per heavy atom. The van der Waals surface area contributed by atoms with Crippen molar-refractivity contribution in [3.05, 3.63) is 11.1 Å². The van der Waals surface area contributed by atoms with Crippen LogP contribution in [0.5, 0.6) is 0 Å². The standard InChI is InChI=1S/C9H13ClN4/c10-8-13-12-7-2-1-6(5-14(7)8)9(11)3-4-9/h6H,1-5,11H2. The Balaban J connectivity index is 1.88. The maximum Gasteiger partial charge on any atom is 0.225 e. The first-order chi connectivity index (χ1) is 6.69. The van der Waals surface area contributed by atoms with Crippen LogP contribution in [0.2, 0.25) is 5.28 Å². The summed E-state index contributed by atoms with van der Waals surface area (Å²) in [6.07, 6.45) is 4.41. The Bertz CT molecular complexity index is 369. The minimum Gasteiger partial charge on any atom is -0.325 e. The lowest BCUT2D eigenvalue weighted by Crippen LogP contribution is -2.38. The average molecular weight is 213 g/mol. The molecule has 1 saturated carbocycles. The highest BCUT2D eigenvalue weighted by Gasteiger charge is 2.46. The molecule has 1 fully saturated rings. The Morgan fingerprint density at radius 3 is 2.93 bits per heavy atom. The quantitative estimate of drug-likeness (QED) is 0.755. The molecular weight excluding hydrogens is 200 g/mol. The molecule has 1 unspecified atom stereocenters. The molecule has 1 aliphatic heterocycles. The minimum atomic E-state index is 0.0886. The predicted octanol–water partition coefficient (Wildman–Crippen LogP) is 0.985. The van der Waals surface area contributed by atoms with Crippen molar-refractivity contribution in [2.24, 2.45) is 11.7 Å². The molecule has 2 aliphatic rings. The Morgan fingerprint density at radius 1 is 1.43 bits per heavy atom. The van der Waals surface area contributed by atoms with Crippen LogP contribution in [-0.2, 0) is 13.0 Å². The van der Waals surface area contributed by atoms with E-state index in [1.54, 1.807) is 0 Å². The number of hydrogen-bond donors (Lipinski definition) is 1. The number of hydrogen-bond acceptors (Lipinski definition) is 3. The third-order valence-electron chi connectivity index (χ3n) is 3.54. The molecule has 3 rings (SSSR count). The van der Waals surface area contributed by atoms with Gasteiger partial charge in [-0.15, -0.1) is 10.2 Å². The van der Waals surface area contributed by atoms with Crippen LogP contribution in [-0.4, -0.2) is 20.3 Å². The van der Waals surface area contributed by atoms with Gasteiger partial charge in [-0.1, -0.05) is 0 Å². The Hall–Kier alpha value is -0.610. The lowest BCUT2D eigenvalue weighted by Gasteiger charge is -2.28. The molecular formula is C9H13ClN4. The summed E-state index contributed by atoms with van der Waals surface area (Å²) in [7, 11) is 0. The van der Waals surface area contributed by atoms with Crippen LogP contribution in [0.15, 0.2) is 0 Å². The number of nitrogens with two attached hydrogens (primary N) is 1. The van der Waals surface area contributed by atoms with E-state index in [2.05, 4.69) is 10.2 Å². The summed E-state index contributed by atoms with van der Waals surface area (Å²) in [5.41, 5.74) is 6.29. The molecule has 1 aromatic rings. The summed E-state index contributed by atoms with van der Waals surface area (Å²) in [4.78, 5) is 0. The van der Waals surface area contributed by atoms with E-state index in [0.29, 0.717) is 11.2 Å². The van der Waals surface area contributed by atoms with Gasteiger partial charge in [0.25, 0.3) is 0 Å². The molecule has 2 heterocycles. The second-order valence-corrected chi connectivity index (χ2v) is 4.80. The number of rotatable bonds is 1. The third kappa shape index (κ3) is 1.17. The normalized spacial score (nSPS) is 28.6. The molecule has 0 aromatic carbocycles. The first-order valence-corrected chi connectivity index (χ1v) is 5.43. The molecule has 14 heavy (non-hydrogen) atoms. The summed E-state index contributed by atoms with van der Waals surface area (Å²) >= 11 is 5.94. The zero-order valence-corrected chi connectivity index (χ0v) is 8.67. The van der Waals surface area contributed by atoms with Crippen LogP contribution in [0.3, 0.4) is 0 Å². The van der Waals surface area contributed by atoms with Crippen molar-refractivity contribution in [2.75, 3.05) is 0 Å². The summed E-state index contributed by atoms with van der Waals surface area (Å²) in [5.74, 6) is 1.57. The fourth-order valence-electron chi connectivity index (χ4n) is 2.32. The summed E-state index contributed by atoms with van der Waals surface area (Å²) in [5, 5.41) is 8.41. The second-order valence-electron chi connectivity index (χ2n) is 4.46. The van der Waals surface area contributed by atoms with Crippen LogP contribution in [0.1, 0.15) is 25.1 Å². The summed E-state index contributed by atoms with van der Waals surface area (Å²) in [6.45, 7) is 0.900. The average Bonchev–Trinajstić information content (AvgIpc) is 2.84. The van der Waals surface area contributed by atoms with Gasteiger partial charge in [0.15, 0.2) is 0 Å². The van der Waals surface area contributed by atoms with Crippen molar-refractivity contribution >= 4 is 11.6 Å². The topological polar surface area (TPSA) is 56.7 Å². The van der Waals surface area contributed by atoms with E-state index >= 15 is 0 Å². The van der Waals surface area contributed by atoms with Crippen LogP contribution in [0, 0.1) is 5.92 Å². The minimum absolute atomic E-state index is 0.0886. The second kappa shape index (κ2) is 2.70. The highest BCUT2D eigenvalue weighted by Crippen LogP contribution is 2.44. The highest BCUT2D eigenvalue weighted by molar-refractivity contribution is 6.28. The van der Waals surface area contributed by atoms with Gasteiger partial charge in [-0.25, -0.2) is 0 Å². The maximum atomic E-state index is 6.20. The van der Waals surface area contributed by atoms with Crippen molar-refractivity contribution in [3.8, 4) is 0 Å². The third-order valence-corrected chi connectivity index (χ3v) is 3.82. The number of aryl methyl sites for hydroxylation is 1. The van der Waals surface area contributed by atoms with E-state index in [1.165, 1.54) is 0 Å². The predicted molar refractivity (Wildman–Crippen MR) is 53.0 cm³/mol. The van der Waals surface area contributed by atoms with Gasteiger partial charge in [-0.3, -0.25) is 0 Å². The van der Waals surface area contributed by atoms with Crippen molar-refractivity contribution in [3.63, 3.8) is 0 Å². The molecule has 2 N–H and O–H groups in total. The fourth-order valence-corrected chi connectivity index (χ4v) is 2.52. The van der Waals surface area contributed by atoms with Crippen LogP contribution >= 0.6 is 11.6 Å². The SMILES string of the molecule is NC1(C2CCc3nnc(Cl)n3C2)CC1. The van der Waals surface area contributed by atoms with Crippen LogP contribution < -0.4 is 5.73 Å². The summed E-state index contributed by atoms with van der Waals surface area (Å²) < 4.78 is 2.00. The van der Waals surface area contributed by atoms with Crippen molar-refractivity contribution in [1.29, 1.82) is 0 Å². The van der Waals surface area contributed by atoms with E-state index in [1.807, 2.05) is 4.57 Å². The lowest BCUT2D eigenvalue weighted by atomic mass is 9.90.